The fourth-order valence-electron chi connectivity index (χ4n) is 1.28. The van der Waals surface area contributed by atoms with Crippen molar-refractivity contribution in [3.8, 4) is 17.9 Å². The lowest BCUT2D eigenvalue weighted by Gasteiger charge is -2.10. The van der Waals surface area contributed by atoms with Gasteiger partial charge in [-0.2, -0.15) is 15.6 Å². The Bertz CT molecular complexity index is 504. The molecule has 1 aromatic carbocycles. The number of aromatic hydroxyl groups is 1. The van der Waals surface area contributed by atoms with Crippen LogP contribution in [0.1, 0.15) is 25.3 Å². The predicted molar refractivity (Wildman–Crippen MR) is 64.5 cm³/mol. The summed E-state index contributed by atoms with van der Waals surface area (Å²) in [6, 6.07) is 8.20. The van der Waals surface area contributed by atoms with Gasteiger partial charge in [0.15, 0.2) is 0 Å². The molecule has 0 aliphatic heterocycles. The number of phenols is 1. The van der Waals surface area contributed by atoms with Gasteiger partial charge in [0.2, 0.25) is 5.71 Å². The first-order chi connectivity index (χ1) is 8.08. The van der Waals surface area contributed by atoms with Crippen LogP contribution in [-0.4, -0.2) is 10.8 Å². The Hall–Kier alpha value is -2.53. The third-order valence-electron chi connectivity index (χ3n) is 2.16. The highest BCUT2D eigenvalue weighted by atomic mass is 16.3. The van der Waals surface area contributed by atoms with Crippen LogP contribution >= 0.6 is 0 Å². The van der Waals surface area contributed by atoms with Gasteiger partial charge < -0.3 is 5.11 Å². The van der Waals surface area contributed by atoms with E-state index in [1.54, 1.807) is 30.3 Å². The maximum Gasteiger partial charge on any atom is 0.237 e. The van der Waals surface area contributed by atoms with Crippen LogP contribution in [-0.2, 0) is 0 Å². The number of hydrazone groups is 1. The molecule has 5 heteroatoms. The van der Waals surface area contributed by atoms with Gasteiger partial charge in [-0.3, -0.25) is 5.43 Å². The van der Waals surface area contributed by atoms with Gasteiger partial charge in [-0.25, -0.2) is 0 Å². The molecule has 0 atom stereocenters. The van der Waals surface area contributed by atoms with Crippen LogP contribution in [0.4, 0.5) is 5.69 Å². The number of nitrogens with zero attached hydrogens (tertiary/aromatic N) is 3. The number of nitrogens with one attached hydrogen (secondary N) is 1. The lowest BCUT2D eigenvalue weighted by molar-refractivity contribution is 0.465. The van der Waals surface area contributed by atoms with Crippen LogP contribution in [0.2, 0.25) is 0 Å². The molecule has 0 amide bonds. The van der Waals surface area contributed by atoms with E-state index in [2.05, 4.69) is 10.5 Å². The second-order valence-corrected chi connectivity index (χ2v) is 3.72. The minimum Gasteiger partial charge on any atom is -0.508 e. The lowest BCUT2D eigenvalue weighted by Crippen LogP contribution is -1.97. The molecule has 0 radical (unpaired) electrons. The van der Waals surface area contributed by atoms with Gasteiger partial charge >= 0.3 is 0 Å². The van der Waals surface area contributed by atoms with E-state index in [-0.39, 0.29) is 17.4 Å². The Labute approximate surface area is 99.6 Å². The first-order valence-corrected chi connectivity index (χ1v) is 5.05. The zero-order chi connectivity index (χ0) is 12.8. The minimum absolute atomic E-state index is 0.173. The van der Waals surface area contributed by atoms with Crippen molar-refractivity contribution in [3.63, 3.8) is 0 Å². The van der Waals surface area contributed by atoms with Crippen LogP contribution in [0.5, 0.6) is 5.75 Å². The normalized spacial score (nSPS) is 9.24. The Morgan fingerprint density at radius 3 is 2.53 bits per heavy atom. The summed E-state index contributed by atoms with van der Waals surface area (Å²) in [6.45, 7) is 3.91. The highest BCUT2D eigenvalue weighted by Gasteiger charge is 2.06. The number of rotatable bonds is 3. The molecule has 17 heavy (non-hydrogen) atoms. The number of anilines is 1. The first kappa shape index (κ1) is 12.5. The zero-order valence-corrected chi connectivity index (χ0v) is 9.60. The summed E-state index contributed by atoms with van der Waals surface area (Å²) in [6.07, 6.45) is 0. The summed E-state index contributed by atoms with van der Waals surface area (Å²) in [4.78, 5) is 0. The van der Waals surface area contributed by atoms with E-state index in [0.29, 0.717) is 5.69 Å². The molecule has 0 saturated carbocycles. The lowest BCUT2D eigenvalue weighted by atomic mass is 10.0. The second kappa shape index (κ2) is 5.53. The van der Waals surface area contributed by atoms with E-state index < -0.39 is 0 Å². The van der Waals surface area contributed by atoms with Gasteiger partial charge in [-0.05, 0) is 29.7 Å². The largest absolute Gasteiger partial charge is 0.508 e. The van der Waals surface area contributed by atoms with Gasteiger partial charge in [0.25, 0.3) is 0 Å². The number of hydrogen-bond acceptors (Lipinski definition) is 5. The summed E-state index contributed by atoms with van der Waals surface area (Å²) in [5.74, 6) is 0.391. The van der Waals surface area contributed by atoms with Crippen molar-refractivity contribution in [2.45, 2.75) is 19.8 Å². The van der Waals surface area contributed by atoms with Crippen molar-refractivity contribution in [2.24, 2.45) is 5.10 Å². The SMILES string of the molecule is CC(C)c1cc(NN=C(C#N)C#N)ccc1O. The molecular formula is C12H12N4O. The summed E-state index contributed by atoms with van der Waals surface area (Å²) in [5.41, 5.74) is 3.75. The Morgan fingerprint density at radius 1 is 1.35 bits per heavy atom. The van der Waals surface area contributed by atoms with Gasteiger partial charge in [-0.15, -0.1) is 0 Å². The first-order valence-electron chi connectivity index (χ1n) is 5.05. The van der Waals surface area contributed by atoms with Crippen molar-refractivity contribution in [1.82, 2.24) is 0 Å². The maximum absolute atomic E-state index is 9.61. The van der Waals surface area contributed by atoms with Gasteiger partial charge in [0.1, 0.15) is 17.9 Å². The molecule has 0 aliphatic rings. The number of hydrogen-bond donors (Lipinski definition) is 2. The fraction of sp³-hybridized carbons (Fsp3) is 0.250. The van der Waals surface area contributed by atoms with E-state index in [9.17, 15) is 5.11 Å². The minimum atomic E-state index is -0.246. The van der Waals surface area contributed by atoms with Gasteiger partial charge in [-0.1, -0.05) is 13.8 Å². The van der Waals surface area contributed by atoms with Crippen molar-refractivity contribution in [2.75, 3.05) is 5.43 Å². The van der Waals surface area contributed by atoms with E-state index in [0.717, 1.165) is 5.56 Å². The van der Waals surface area contributed by atoms with Crippen molar-refractivity contribution >= 4 is 11.4 Å². The monoisotopic (exact) mass is 228 g/mol. The molecule has 0 spiro atoms. The van der Waals surface area contributed by atoms with Crippen molar-refractivity contribution in [3.05, 3.63) is 23.8 Å². The van der Waals surface area contributed by atoms with Gasteiger partial charge in [0.05, 0.1) is 5.69 Å². The number of phenolic OH excluding ortho intramolecular Hbond substituents is 1. The molecule has 5 nitrogen and oxygen atoms in total. The van der Waals surface area contributed by atoms with Crippen LogP contribution in [0.25, 0.3) is 0 Å². The molecule has 0 saturated heterocycles. The summed E-state index contributed by atoms with van der Waals surface area (Å²) in [5, 5.41) is 30.2. The summed E-state index contributed by atoms with van der Waals surface area (Å²) >= 11 is 0. The second-order valence-electron chi connectivity index (χ2n) is 3.72. The highest BCUT2D eigenvalue weighted by Crippen LogP contribution is 2.28. The van der Waals surface area contributed by atoms with E-state index >= 15 is 0 Å². The average molecular weight is 228 g/mol. The van der Waals surface area contributed by atoms with E-state index in [1.165, 1.54) is 0 Å². The highest BCUT2D eigenvalue weighted by molar-refractivity contribution is 6.10. The van der Waals surface area contributed by atoms with Crippen LogP contribution in [0.3, 0.4) is 0 Å². The average Bonchev–Trinajstić information content (AvgIpc) is 2.32. The summed E-state index contributed by atoms with van der Waals surface area (Å²) in [7, 11) is 0. The Balaban J connectivity index is 2.96. The predicted octanol–water partition coefficient (Wildman–Crippen LogP) is 2.33. The molecule has 1 rings (SSSR count). The Kier molecular flexibility index (Phi) is 4.08. The third kappa shape index (κ3) is 3.22. The molecular weight excluding hydrogens is 216 g/mol. The molecule has 0 bridgehead atoms. The van der Waals surface area contributed by atoms with Gasteiger partial charge in [0, 0.05) is 0 Å². The zero-order valence-electron chi connectivity index (χ0n) is 9.60. The molecule has 0 unspecified atom stereocenters. The van der Waals surface area contributed by atoms with Crippen LogP contribution in [0, 0.1) is 22.7 Å². The number of nitriles is 2. The van der Waals surface area contributed by atoms with E-state index in [4.69, 9.17) is 10.5 Å². The molecule has 86 valence electrons. The summed E-state index contributed by atoms with van der Waals surface area (Å²) < 4.78 is 0. The van der Waals surface area contributed by atoms with Crippen LogP contribution < -0.4 is 5.43 Å². The molecule has 2 N–H and O–H groups in total. The quantitative estimate of drug-likeness (QED) is 0.471. The van der Waals surface area contributed by atoms with Crippen LogP contribution in [0.15, 0.2) is 23.3 Å². The van der Waals surface area contributed by atoms with Crippen molar-refractivity contribution < 1.29 is 5.11 Å². The fourth-order valence-corrected chi connectivity index (χ4v) is 1.28. The molecule has 0 heterocycles. The third-order valence-corrected chi connectivity index (χ3v) is 2.16. The van der Waals surface area contributed by atoms with Crippen molar-refractivity contribution in [1.29, 1.82) is 10.5 Å². The topological polar surface area (TPSA) is 92.2 Å². The smallest absolute Gasteiger partial charge is 0.237 e. The molecule has 0 aliphatic carbocycles. The maximum atomic E-state index is 9.61. The molecule has 1 aromatic rings. The van der Waals surface area contributed by atoms with E-state index in [1.807, 2.05) is 13.8 Å². The Morgan fingerprint density at radius 2 is 2.00 bits per heavy atom. The number of benzene rings is 1. The molecule has 0 fully saturated rings. The molecule has 0 aromatic heterocycles. The standard InChI is InChI=1S/C12H12N4O/c1-8(2)11-5-9(3-4-12(11)17)15-16-10(6-13)7-14/h3-5,8,15,17H,1-2H3.